The molecule has 0 amide bonds. The van der Waals surface area contributed by atoms with E-state index in [1.165, 1.54) is 74.3 Å². The zero-order valence-electron chi connectivity index (χ0n) is 21.4. The first kappa shape index (κ1) is 21.1. The molecule has 5 aliphatic rings. The maximum Gasteiger partial charge on any atom is 0.215 e. The number of rotatable bonds is 0. The quantitative estimate of drug-likeness (QED) is 0.313. The van der Waals surface area contributed by atoms with E-state index in [0.717, 1.165) is 25.1 Å². The lowest BCUT2D eigenvalue weighted by molar-refractivity contribution is 0.363. The topological polar surface area (TPSA) is 12.2 Å². The standard InChI is InChI=1S/C31H35NOP/c1-18-16-30(3,4)32-11-7-9-22-26(32)24(18)14-20-13-21-15-25-19(2)17-31(5,6)34-12-8-10-23(29(25)34)28(21)33-27(20)22/h13-17H,7-12H2,1-6H3/q+1. The fourth-order valence-corrected chi connectivity index (χ4v) is 10.7. The third kappa shape index (κ3) is 2.70. The second-order valence-corrected chi connectivity index (χ2v) is 15.0. The van der Waals surface area contributed by atoms with Crippen LogP contribution < -0.4 is 25.2 Å². The van der Waals surface area contributed by atoms with E-state index in [9.17, 15) is 0 Å². The molecule has 0 radical (unpaired) electrons. The van der Waals surface area contributed by atoms with Crippen LogP contribution in [0.3, 0.4) is 0 Å². The lowest BCUT2D eigenvalue weighted by atomic mass is 9.86. The van der Waals surface area contributed by atoms with Crippen molar-refractivity contribution in [3.05, 3.63) is 62.7 Å². The minimum absolute atomic E-state index is 0.0487. The highest BCUT2D eigenvalue weighted by Gasteiger charge is 2.41. The molecule has 0 N–H and O–H groups in total. The fourth-order valence-electron chi connectivity index (χ4n) is 7.45. The van der Waals surface area contributed by atoms with E-state index in [1.807, 2.05) is 0 Å². The van der Waals surface area contributed by atoms with E-state index in [-0.39, 0.29) is 18.6 Å². The van der Waals surface area contributed by atoms with Crippen molar-refractivity contribution in [2.45, 2.75) is 77.9 Å². The Morgan fingerprint density at radius 3 is 2.47 bits per heavy atom. The van der Waals surface area contributed by atoms with Gasteiger partial charge in [0, 0.05) is 47.3 Å². The Kier molecular flexibility index (Phi) is 4.18. The van der Waals surface area contributed by atoms with E-state index in [4.69, 9.17) is 4.74 Å². The summed E-state index contributed by atoms with van der Waals surface area (Å²) in [5.41, 5.74) is 10.0. The first-order valence-corrected chi connectivity index (χ1v) is 14.6. The van der Waals surface area contributed by atoms with Gasteiger partial charge in [0.1, 0.15) is 18.0 Å². The van der Waals surface area contributed by atoms with Gasteiger partial charge in [0.25, 0.3) is 0 Å². The van der Waals surface area contributed by atoms with Crippen LogP contribution in [0.2, 0.25) is 0 Å². The Labute approximate surface area is 204 Å². The van der Waals surface area contributed by atoms with Gasteiger partial charge in [0.15, 0.2) is 5.54 Å². The van der Waals surface area contributed by atoms with Gasteiger partial charge in [-0.15, -0.1) is 0 Å². The van der Waals surface area contributed by atoms with Crippen LogP contribution in [0.5, 0.6) is 11.5 Å². The third-order valence-corrected chi connectivity index (χ3v) is 12.1. The molecule has 0 saturated heterocycles. The van der Waals surface area contributed by atoms with Crippen LogP contribution in [0.25, 0.3) is 17.2 Å². The summed E-state index contributed by atoms with van der Waals surface area (Å²) in [7, 11) is -0.192. The zero-order valence-corrected chi connectivity index (χ0v) is 22.3. The molecule has 5 aliphatic heterocycles. The van der Waals surface area contributed by atoms with Gasteiger partial charge in [0.05, 0.1) is 5.56 Å². The van der Waals surface area contributed by atoms with Crippen LogP contribution in [-0.4, -0.2) is 23.4 Å². The van der Waals surface area contributed by atoms with Crippen LogP contribution in [0, 0.1) is 0 Å². The van der Waals surface area contributed by atoms with Gasteiger partial charge in [-0.2, -0.15) is 0 Å². The van der Waals surface area contributed by atoms with Crippen LogP contribution in [0.15, 0.2) is 24.3 Å². The van der Waals surface area contributed by atoms with Crippen molar-refractivity contribution in [2.24, 2.45) is 0 Å². The predicted molar refractivity (Wildman–Crippen MR) is 145 cm³/mol. The highest BCUT2D eigenvalue weighted by atomic mass is 31.1. The molecule has 2 nitrogen and oxygen atoms in total. The molecule has 1 unspecified atom stereocenters. The van der Waals surface area contributed by atoms with Crippen molar-refractivity contribution in [3.63, 3.8) is 0 Å². The molecule has 2 aromatic carbocycles. The molecule has 3 heteroatoms. The number of allylic oxidation sites excluding steroid dienone is 3. The average Bonchev–Trinajstić information content (AvgIpc) is 2.79. The van der Waals surface area contributed by atoms with Gasteiger partial charge in [-0.25, -0.2) is 4.58 Å². The minimum Gasteiger partial charge on any atom is -0.455 e. The third-order valence-electron chi connectivity index (χ3n) is 8.81. The van der Waals surface area contributed by atoms with Crippen molar-refractivity contribution in [2.75, 3.05) is 12.7 Å². The summed E-state index contributed by atoms with van der Waals surface area (Å²) in [5.74, 6) is 2.30. The lowest BCUT2D eigenvalue weighted by Gasteiger charge is -2.43. The van der Waals surface area contributed by atoms with Gasteiger partial charge < -0.3 is 4.74 Å². The number of benzene rings is 2. The summed E-state index contributed by atoms with van der Waals surface area (Å²) in [6.07, 6.45) is 13.5. The second-order valence-electron chi connectivity index (χ2n) is 12.1. The Bertz CT molecular complexity index is 1500. The van der Waals surface area contributed by atoms with Gasteiger partial charge in [-0.3, -0.25) is 0 Å². The SMILES string of the molecule is CC1=CC(C)(C)P2CCCc3c4c(cc1c32)C=c1cc2c3c(c1O4)CCC[N+]=3C(C)(C)C=C2C. The molecule has 7 rings (SSSR count). The molecule has 5 heterocycles. The second kappa shape index (κ2) is 6.73. The van der Waals surface area contributed by atoms with E-state index in [1.54, 1.807) is 5.30 Å². The Balaban J connectivity index is 1.54. The number of ether oxygens (including phenoxy) is 1. The van der Waals surface area contributed by atoms with E-state index in [2.05, 4.69) is 76.5 Å². The summed E-state index contributed by atoms with van der Waals surface area (Å²) in [6.45, 7) is 15.3. The van der Waals surface area contributed by atoms with Gasteiger partial charge in [0.2, 0.25) is 5.36 Å². The summed E-state index contributed by atoms with van der Waals surface area (Å²) < 4.78 is 9.66. The predicted octanol–water partition coefficient (Wildman–Crippen LogP) is 5.50. The summed E-state index contributed by atoms with van der Waals surface area (Å²) in [6, 6.07) is 4.85. The maximum absolute atomic E-state index is 7.04. The smallest absolute Gasteiger partial charge is 0.215 e. The van der Waals surface area contributed by atoms with Crippen LogP contribution >= 0.6 is 7.92 Å². The molecule has 34 heavy (non-hydrogen) atoms. The highest BCUT2D eigenvalue weighted by Crippen LogP contribution is 2.59. The molecular weight excluding hydrogens is 433 g/mol. The molecule has 174 valence electrons. The highest BCUT2D eigenvalue weighted by molar-refractivity contribution is 7.67. The number of hydrogen-bond donors (Lipinski definition) is 0. The Morgan fingerprint density at radius 2 is 1.65 bits per heavy atom. The fraction of sp³-hybridized carbons (Fsp3) is 0.452. The average molecular weight is 469 g/mol. The normalized spacial score (nSPS) is 24.4. The number of nitrogens with zero attached hydrogens (tertiary/aromatic N) is 1. The molecule has 0 spiro atoms. The molecule has 1 atom stereocenters. The zero-order chi connectivity index (χ0) is 23.6. The Hall–Kier alpha value is -2.18. The molecule has 0 bridgehead atoms. The van der Waals surface area contributed by atoms with Crippen molar-refractivity contribution >= 4 is 30.4 Å². The van der Waals surface area contributed by atoms with Crippen molar-refractivity contribution < 1.29 is 4.74 Å². The molecule has 0 aliphatic carbocycles. The van der Waals surface area contributed by atoms with Crippen LogP contribution in [-0.2, 0) is 12.8 Å². The molecule has 0 fully saturated rings. The maximum atomic E-state index is 7.04. The first-order chi connectivity index (χ1) is 16.2. The van der Waals surface area contributed by atoms with E-state index < -0.39 is 0 Å². The van der Waals surface area contributed by atoms with Gasteiger partial charge >= 0.3 is 0 Å². The summed E-state index contributed by atoms with van der Waals surface area (Å²) >= 11 is 0. The van der Waals surface area contributed by atoms with Crippen LogP contribution in [0.4, 0.5) is 0 Å². The van der Waals surface area contributed by atoms with E-state index in [0.29, 0.717) is 0 Å². The number of fused-ring (bicyclic) bond motifs is 4. The summed E-state index contributed by atoms with van der Waals surface area (Å²) in [5, 5.41) is 4.61. The summed E-state index contributed by atoms with van der Waals surface area (Å²) in [4.78, 5) is 0. The lowest BCUT2D eigenvalue weighted by Crippen LogP contribution is -2.53. The minimum atomic E-state index is -0.192. The largest absolute Gasteiger partial charge is 0.455 e. The Morgan fingerprint density at radius 1 is 0.882 bits per heavy atom. The number of hydrogen-bond acceptors (Lipinski definition) is 1. The first-order valence-electron chi connectivity index (χ1n) is 13.0. The van der Waals surface area contributed by atoms with Crippen molar-refractivity contribution in [3.8, 4) is 11.5 Å². The van der Waals surface area contributed by atoms with Crippen molar-refractivity contribution in [1.82, 2.24) is 4.58 Å². The molecule has 2 aromatic rings. The van der Waals surface area contributed by atoms with E-state index >= 15 is 0 Å². The van der Waals surface area contributed by atoms with Gasteiger partial charge in [-0.1, -0.05) is 27.8 Å². The monoisotopic (exact) mass is 468 g/mol. The molecule has 0 saturated carbocycles. The molecule has 0 aromatic heterocycles. The van der Waals surface area contributed by atoms with Crippen molar-refractivity contribution in [1.29, 1.82) is 0 Å². The van der Waals surface area contributed by atoms with Crippen LogP contribution in [0.1, 0.15) is 82.2 Å². The molecular formula is C31H35NOP+. The van der Waals surface area contributed by atoms with Gasteiger partial charge in [-0.05, 0) is 85.6 Å².